The van der Waals surface area contributed by atoms with Crippen LogP contribution in [0.2, 0.25) is 0 Å². The van der Waals surface area contributed by atoms with Gasteiger partial charge in [0.05, 0.1) is 5.69 Å². The van der Waals surface area contributed by atoms with E-state index in [-0.39, 0.29) is 5.82 Å². The van der Waals surface area contributed by atoms with Crippen molar-refractivity contribution in [2.45, 2.75) is 32.7 Å². The molecule has 3 heteroatoms. The maximum Gasteiger partial charge on any atom is 0.146 e. The van der Waals surface area contributed by atoms with Gasteiger partial charge >= 0.3 is 0 Å². The number of hydrogen-bond acceptors (Lipinski definition) is 2. The van der Waals surface area contributed by atoms with Crippen molar-refractivity contribution in [1.82, 2.24) is 5.32 Å². The van der Waals surface area contributed by atoms with Crippen LogP contribution in [0.4, 0.5) is 10.1 Å². The number of hydrogen-bond donors (Lipinski definition) is 1. The Labute approximate surface area is 103 Å². The highest BCUT2D eigenvalue weighted by Gasteiger charge is 2.21. The van der Waals surface area contributed by atoms with E-state index in [9.17, 15) is 4.39 Å². The van der Waals surface area contributed by atoms with E-state index in [1.165, 1.54) is 6.42 Å². The molecular formula is C14H21FN2. The number of benzene rings is 1. The normalized spacial score (nSPS) is 20.6. The maximum absolute atomic E-state index is 13.9. The molecule has 1 atom stereocenters. The van der Waals surface area contributed by atoms with Crippen molar-refractivity contribution >= 4 is 5.69 Å². The van der Waals surface area contributed by atoms with E-state index in [1.54, 1.807) is 6.07 Å². The number of rotatable bonds is 3. The molecule has 1 heterocycles. The van der Waals surface area contributed by atoms with E-state index in [1.807, 2.05) is 19.1 Å². The minimum atomic E-state index is -0.0952. The molecule has 0 bridgehead atoms. The Morgan fingerprint density at radius 3 is 3.00 bits per heavy atom. The Balaban J connectivity index is 2.10. The molecule has 1 unspecified atom stereocenters. The Hall–Kier alpha value is -1.09. The van der Waals surface area contributed by atoms with Crippen LogP contribution < -0.4 is 10.2 Å². The first-order chi connectivity index (χ1) is 8.20. The van der Waals surface area contributed by atoms with Crippen molar-refractivity contribution in [2.75, 3.05) is 24.5 Å². The van der Waals surface area contributed by atoms with Crippen LogP contribution in [0.5, 0.6) is 0 Å². The number of nitrogens with one attached hydrogen (secondary N) is 1. The second-order valence-electron chi connectivity index (χ2n) is 4.80. The highest BCUT2D eigenvalue weighted by atomic mass is 19.1. The molecule has 1 N–H and O–H groups in total. The highest BCUT2D eigenvalue weighted by Crippen LogP contribution is 2.23. The third kappa shape index (κ3) is 2.97. The molecule has 17 heavy (non-hydrogen) atoms. The second-order valence-corrected chi connectivity index (χ2v) is 4.80. The summed E-state index contributed by atoms with van der Waals surface area (Å²) in [6.07, 6.45) is 2.32. The van der Waals surface area contributed by atoms with Gasteiger partial charge in [0, 0.05) is 19.1 Å². The molecule has 0 spiro atoms. The largest absolute Gasteiger partial charge is 0.368 e. The molecule has 0 radical (unpaired) electrons. The van der Waals surface area contributed by atoms with Crippen LogP contribution in [0.15, 0.2) is 18.2 Å². The number of piperidine rings is 1. The Kier molecular flexibility index (Phi) is 4.00. The number of nitrogens with zero attached hydrogens (tertiary/aromatic N) is 1. The van der Waals surface area contributed by atoms with Gasteiger partial charge in [0.1, 0.15) is 5.82 Å². The predicted molar refractivity (Wildman–Crippen MR) is 70.0 cm³/mol. The van der Waals surface area contributed by atoms with Gasteiger partial charge in [-0.05, 0) is 44.0 Å². The third-order valence-electron chi connectivity index (χ3n) is 3.36. The zero-order valence-electron chi connectivity index (χ0n) is 10.7. The molecule has 1 fully saturated rings. The highest BCUT2D eigenvalue weighted by molar-refractivity contribution is 5.49. The molecule has 2 nitrogen and oxygen atoms in total. The van der Waals surface area contributed by atoms with Crippen molar-refractivity contribution in [1.29, 1.82) is 0 Å². The van der Waals surface area contributed by atoms with Gasteiger partial charge in [-0.15, -0.1) is 0 Å². The van der Waals surface area contributed by atoms with Crippen molar-refractivity contribution < 1.29 is 4.39 Å². The van der Waals surface area contributed by atoms with Crippen LogP contribution in [0, 0.1) is 12.7 Å². The van der Waals surface area contributed by atoms with Crippen LogP contribution in [-0.2, 0) is 0 Å². The summed E-state index contributed by atoms with van der Waals surface area (Å²) in [4.78, 5) is 2.16. The van der Waals surface area contributed by atoms with E-state index in [0.717, 1.165) is 37.3 Å². The average molecular weight is 236 g/mol. The molecule has 1 aromatic carbocycles. The van der Waals surface area contributed by atoms with Gasteiger partial charge < -0.3 is 10.2 Å². The van der Waals surface area contributed by atoms with Gasteiger partial charge in [-0.3, -0.25) is 0 Å². The number of likely N-dealkylation sites (N-methyl/N-ethyl adjacent to an activating group) is 1. The average Bonchev–Trinajstić information content (AvgIpc) is 2.29. The monoisotopic (exact) mass is 236 g/mol. The lowest BCUT2D eigenvalue weighted by molar-refractivity contribution is 0.428. The Bertz CT molecular complexity index is 376. The predicted octanol–water partition coefficient (Wildman–Crippen LogP) is 2.71. The fraction of sp³-hybridized carbons (Fsp3) is 0.571. The summed E-state index contributed by atoms with van der Waals surface area (Å²) in [7, 11) is 0. The quantitative estimate of drug-likeness (QED) is 0.868. The van der Waals surface area contributed by atoms with Gasteiger partial charge in [0.25, 0.3) is 0 Å². The lowest BCUT2D eigenvalue weighted by Gasteiger charge is -2.35. The molecule has 1 saturated heterocycles. The summed E-state index contributed by atoms with van der Waals surface area (Å²) < 4.78 is 13.9. The Morgan fingerprint density at radius 1 is 1.47 bits per heavy atom. The minimum absolute atomic E-state index is 0.0952. The zero-order valence-corrected chi connectivity index (χ0v) is 10.7. The van der Waals surface area contributed by atoms with Crippen LogP contribution in [0.25, 0.3) is 0 Å². The smallest absolute Gasteiger partial charge is 0.146 e. The van der Waals surface area contributed by atoms with Crippen molar-refractivity contribution in [3.63, 3.8) is 0 Å². The SMILES string of the molecule is CCNC1CCCN(c2ccc(C)cc2F)C1. The molecule has 0 aromatic heterocycles. The van der Waals surface area contributed by atoms with E-state index < -0.39 is 0 Å². The first kappa shape index (κ1) is 12.4. The number of aryl methyl sites for hydroxylation is 1. The molecule has 0 amide bonds. The van der Waals surface area contributed by atoms with Crippen molar-refractivity contribution in [3.8, 4) is 0 Å². The summed E-state index contributed by atoms with van der Waals surface area (Å²) >= 11 is 0. The van der Waals surface area contributed by atoms with Gasteiger partial charge in [-0.25, -0.2) is 4.39 Å². The number of anilines is 1. The molecule has 94 valence electrons. The molecule has 0 saturated carbocycles. The molecule has 1 aliphatic rings. The summed E-state index contributed by atoms with van der Waals surface area (Å²) in [5.74, 6) is -0.0952. The lowest BCUT2D eigenvalue weighted by atomic mass is 10.0. The lowest BCUT2D eigenvalue weighted by Crippen LogP contribution is -2.46. The number of halogens is 1. The first-order valence-electron chi connectivity index (χ1n) is 6.45. The van der Waals surface area contributed by atoms with Crippen molar-refractivity contribution in [2.24, 2.45) is 0 Å². The summed E-state index contributed by atoms with van der Waals surface area (Å²) in [5, 5.41) is 3.45. The van der Waals surface area contributed by atoms with E-state index >= 15 is 0 Å². The van der Waals surface area contributed by atoms with Crippen LogP contribution in [0.3, 0.4) is 0 Å². The fourth-order valence-corrected chi connectivity index (χ4v) is 2.52. The summed E-state index contributed by atoms with van der Waals surface area (Å²) in [6, 6.07) is 6.00. The zero-order chi connectivity index (χ0) is 12.3. The van der Waals surface area contributed by atoms with E-state index in [4.69, 9.17) is 0 Å². The molecule has 1 aromatic rings. The minimum Gasteiger partial charge on any atom is -0.368 e. The van der Waals surface area contributed by atoms with Crippen LogP contribution in [-0.4, -0.2) is 25.7 Å². The van der Waals surface area contributed by atoms with Gasteiger partial charge in [0.15, 0.2) is 0 Å². The topological polar surface area (TPSA) is 15.3 Å². The molecule has 0 aliphatic carbocycles. The standard InChI is InChI=1S/C14H21FN2/c1-3-16-12-5-4-8-17(10-12)14-7-6-11(2)9-13(14)15/h6-7,9,12,16H,3-5,8,10H2,1-2H3. The summed E-state index contributed by atoms with van der Waals surface area (Å²) in [6.45, 7) is 6.89. The Morgan fingerprint density at radius 2 is 2.29 bits per heavy atom. The van der Waals surface area contributed by atoms with Crippen molar-refractivity contribution in [3.05, 3.63) is 29.6 Å². The fourth-order valence-electron chi connectivity index (χ4n) is 2.52. The van der Waals surface area contributed by atoms with Crippen LogP contribution >= 0.6 is 0 Å². The van der Waals surface area contributed by atoms with E-state index in [0.29, 0.717) is 6.04 Å². The van der Waals surface area contributed by atoms with Gasteiger partial charge in [-0.1, -0.05) is 13.0 Å². The molecule has 2 rings (SSSR count). The van der Waals surface area contributed by atoms with Gasteiger partial charge in [0.2, 0.25) is 0 Å². The third-order valence-corrected chi connectivity index (χ3v) is 3.36. The van der Waals surface area contributed by atoms with Gasteiger partial charge in [-0.2, -0.15) is 0 Å². The van der Waals surface area contributed by atoms with E-state index in [2.05, 4.69) is 17.1 Å². The summed E-state index contributed by atoms with van der Waals surface area (Å²) in [5.41, 5.74) is 1.73. The second kappa shape index (κ2) is 5.50. The maximum atomic E-state index is 13.9. The molecule has 1 aliphatic heterocycles. The molecular weight excluding hydrogens is 215 g/mol. The van der Waals surface area contributed by atoms with Crippen LogP contribution in [0.1, 0.15) is 25.3 Å². The first-order valence-corrected chi connectivity index (χ1v) is 6.45.